The van der Waals surface area contributed by atoms with Crippen molar-refractivity contribution in [2.75, 3.05) is 18.5 Å². The number of halogens is 1. The van der Waals surface area contributed by atoms with Gasteiger partial charge in [-0.1, -0.05) is 16.8 Å². The van der Waals surface area contributed by atoms with Gasteiger partial charge in [-0.3, -0.25) is 14.9 Å². The average molecular weight is 484 g/mol. The molecule has 34 heavy (non-hydrogen) atoms. The van der Waals surface area contributed by atoms with Gasteiger partial charge >= 0.3 is 0 Å². The molecule has 0 aliphatic rings. The highest BCUT2D eigenvalue weighted by molar-refractivity contribution is 6.30. The number of carbonyl (C=O) groups excluding carboxylic acids is 1. The number of hydrogen-bond donors (Lipinski definition) is 1. The van der Waals surface area contributed by atoms with Crippen molar-refractivity contribution in [3.05, 3.63) is 93.0 Å². The van der Waals surface area contributed by atoms with Gasteiger partial charge in [-0.25, -0.2) is 0 Å². The number of hydrogen-bond acceptors (Lipinski definition) is 7. The summed E-state index contributed by atoms with van der Waals surface area (Å²) in [5.74, 6) is 0.666. The van der Waals surface area contributed by atoms with Gasteiger partial charge < -0.3 is 19.6 Å². The first kappa shape index (κ1) is 24.5. The number of non-ortho nitro benzene ring substituents is 1. The number of nitro benzene ring substituents is 1. The predicted molar refractivity (Wildman–Crippen MR) is 129 cm³/mol. The van der Waals surface area contributed by atoms with E-state index in [-0.39, 0.29) is 24.8 Å². The highest BCUT2D eigenvalue weighted by Gasteiger charge is 2.09. The Morgan fingerprint density at radius 1 is 1.06 bits per heavy atom. The average Bonchev–Trinajstić information content (AvgIpc) is 2.83. The second-order valence-corrected chi connectivity index (χ2v) is 7.35. The quantitative estimate of drug-likeness (QED) is 0.227. The second-order valence-electron chi connectivity index (χ2n) is 6.91. The van der Waals surface area contributed by atoms with Gasteiger partial charge in [-0.2, -0.15) is 0 Å². The summed E-state index contributed by atoms with van der Waals surface area (Å²) in [6.07, 6.45) is 1.46. The normalized spacial score (nSPS) is 10.6. The van der Waals surface area contributed by atoms with E-state index < -0.39 is 4.92 Å². The Morgan fingerprint density at radius 2 is 1.79 bits per heavy atom. The van der Waals surface area contributed by atoms with E-state index in [0.29, 0.717) is 34.4 Å². The van der Waals surface area contributed by atoms with Gasteiger partial charge in [0.25, 0.3) is 11.6 Å². The van der Waals surface area contributed by atoms with E-state index in [1.807, 2.05) is 6.92 Å². The number of nitro groups is 1. The lowest BCUT2D eigenvalue weighted by Gasteiger charge is -2.12. The maximum Gasteiger partial charge on any atom is 0.269 e. The summed E-state index contributed by atoms with van der Waals surface area (Å²) in [4.78, 5) is 27.3. The molecule has 0 aliphatic carbocycles. The third-order valence-corrected chi connectivity index (χ3v) is 4.66. The lowest BCUT2D eigenvalue weighted by atomic mass is 10.2. The minimum absolute atomic E-state index is 0.0204. The van der Waals surface area contributed by atoms with Crippen LogP contribution in [0.4, 0.5) is 11.4 Å². The monoisotopic (exact) mass is 483 g/mol. The van der Waals surface area contributed by atoms with Gasteiger partial charge in [-0.05, 0) is 67.1 Å². The third-order valence-electron chi connectivity index (χ3n) is 4.41. The molecule has 1 amide bonds. The van der Waals surface area contributed by atoms with Crippen LogP contribution in [0.15, 0.2) is 71.9 Å². The minimum Gasteiger partial charge on any atom is -0.490 e. The lowest BCUT2D eigenvalue weighted by Crippen LogP contribution is -2.16. The van der Waals surface area contributed by atoms with Crippen LogP contribution in [0.1, 0.15) is 18.1 Å². The molecule has 0 saturated carbocycles. The first-order valence-electron chi connectivity index (χ1n) is 10.3. The number of benzene rings is 3. The molecule has 0 aliphatic heterocycles. The van der Waals surface area contributed by atoms with E-state index in [2.05, 4.69) is 10.5 Å². The molecule has 1 N–H and O–H groups in total. The van der Waals surface area contributed by atoms with Crippen molar-refractivity contribution >= 4 is 35.1 Å². The van der Waals surface area contributed by atoms with Crippen LogP contribution in [-0.4, -0.2) is 30.3 Å². The highest BCUT2D eigenvalue weighted by Crippen LogP contribution is 2.29. The fourth-order valence-electron chi connectivity index (χ4n) is 2.79. The zero-order valence-electron chi connectivity index (χ0n) is 18.3. The van der Waals surface area contributed by atoms with Crippen LogP contribution in [0.5, 0.6) is 11.5 Å². The molecule has 0 unspecified atom stereocenters. The van der Waals surface area contributed by atoms with Crippen LogP contribution in [0.25, 0.3) is 0 Å². The molecule has 3 rings (SSSR count). The highest BCUT2D eigenvalue weighted by atomic mass is 35.5. The molecule has 3 aromatic carbocycles. The summed E-state index contributed by atoms with van der Waals surface area (Å²) in [5, 5.41) is 17.8. The Balaban J connectivity index is 1.54. The van der Waals surface area contributed by atoms with Crippen LogP contribution in [0.3, 0.4) is 0 Å². The summed E-state index contributed by atoms with van der Waals surface area (Å²) < 4.78 is 11.5. The van der Waals surface area contributed by atoms with Gasteiger partial charge in [0.15, 0.2) is 18.1 Å². The van der Waals surface area contributed by atoms with Crippen molar-refractivity contribution < 1.29 is 24.0 Å². The van der Waals surface area contributed by atoms with Crippen LogP contribution in [0, 0.1) is 10.1 Å². The van der Waals surface area contributed by atoms with Crippen LogP contribution in [-0.2, 0) is 16.2 Å². The van der Waals surface area contributed by atoms with Gasteiger partial charge in [0, 0.05) is 28.4 Å². The zero-order valence-corrected chi connectivity index (χ0v) is 19.0. The zero-order chi connectivity index (χ0) is 24.3. The second kappa shape index (κ2) is 12.2. The Morgan fingerprint density at radius 3 is 2.47 bits per heavy atom. The largest absolute Gasteiger partial charge is 0.490 e. The first-order valence-corrected chi connectivity index (χ1v) is 10.7. The van der Waals surface area contributed by atoms with Crippen LogP contribution in [0.2, 0.25) is 5.02 Å². The number of amides is 1. The van der Waals surface area contributed by atoms with Gasteiger partial charge in [0.05, 0.1) is 17.7 Å². The van der Waals surface area contributed by atoms with Crippen molar-refractivity contribution in [3.63, 3.8) is 0 Å². The molecule has 0 aromatic heterocycles. The van der Waals surface area contributed by atoms with Crippen molar-refractivity contribution in [3.8, 4) is 11.5 Å². The number of ether oxygens (including phenoxy) is 2. The van der Waals surface area contributed by atoms with Crippen LogP contribution >= 0.6 is 11.6 Å². The molecule has 0 radical (unpaired) electrons. The Hall–Kier alpha value is -4.11. The van der Waals surface area contributed by atoms with Gasteiger partial charge in [0.2, 0.25) is 0 Å². The number of rotatable bonds is 11. The molecule has 0 spiro atoms. The summed E-state index contributed by atoms with van der Waals surface area (Å²) in [5.41, 5.74) is 2.09. The predicted octanol–water partition coefficient (Wildman–Crippen LogP) is 5.22. The molecule has 0 fully saturated rings. The summed E-state index contributed by atoms with van der Waals surface area (Å²) in [6, 6.07) is 18.1. The van der Waals surface area contributed by atoms with E-state index >= 15 is 0 Å². The molecule has 10 heteroatoms. The third kappa shape index (κ3) is 7.49. The minimum atomic E-state index is -0.451. The van der Waals surface area contributed by atoms with Crippen LogP contribution < -0.4 is 14.8 Å². The SMILES string of the molecule is CCOc1cc(/C=N/OCC(=O)Nc2ccc(Cl)cc2)ccc1OCc1ccc([N+](=O)[O-])cc1. The standard InChI is InChI=1S/C24H22ClN3O6/c1-2-32-23-13-18(14-26-34-16-24(29)27-20-8-6-19(25)7-9-20)5-12-22(23)33-15-17-3-10-21(11-4-17)28(30)31/h3-14H,2,15-16H2,1H3,(H,27,29)/b26-14+. The maximum absolute atomic E-state index is 11.9. The summed E-state index contributed by atoms with van der Waals surface area (Å²) in [7, 11) is 0. The number of anilines is 1. The fraction of sp³-hybridized carbons (Fsp3) is 0.167. The summed E-state index contributed by atoms with van der Waals surface area (Å²) >= 11 is 5.82. The van der Waals surface area contributed by atoms with Crippen molar-refractivity contribution in [2.24, 2.45) is 5.16 Å². The molecule has 9 nitrogen and oxygen atoms in total. The molecule has 0 heterocycles. The first-order chi connectivity index (χ1) is 16.4. The Labute approximate surface area is 201 Å². The van der Waals surface area contributed by atoms with Crippen molar-refractivity contribution in [2.45, 2.75) is 13.5 Å². The molecule has 0 bridgehead atoms. The smallest absolute Gasteiger partial charge is 0.269 e. The molecule has 0 atom stereocenters. The van der Waals surface area contributed by atoms with E-state index in [1.54, 1.807) is 54.6 Å². The van der Waals surface area contributed by atoms with Crippen molar-refractivity contribution in [1.82, 2.24) is 0 Å². The number of carbonyl (C=O) groups is 1. The summed E-state index contributed by atoms with van der Waals surface area (Å²) in [6.45, 7) is 2.24. The van der Waals surface area contributed by atoms with E-state index in [4.69, 9.17) is 25.9 Å². The number of nitrogens with one attached hydrogen (secondary N) is 1. The van der Waals surface area contributed by atoms with Crippen molar-refractivity contribution in [1.29, 1.82) is 0 Å². The lowest BCUT2D eigenvalue weighted by molar-refractivity contribution is -0.384. The molecular weight excluding hydrogens is 462 g/mol. The topological polar surface area (TPSA) is 112 Å². The van der Waals surface area contributed by atoms with E-state index in [9.17, 15) is 14.9 Å². The Bertz CT molecular complexity index is 1150. The van der Waals surface area contributed by atoms with E-state index in [1.165, 1.54) is 18.3 Å². The van der Waals surface area contributed by atoms with Gasteiger partial charge in [-0.15, -0.1) is 0 Å². The fourth-order valence-corrected chi connectivity index (χ4v) is 2.92. The van der Waals surface area contributed by atoms with Gasteiger partial charge in [0.1, 0.15) is 6.61 Å². The molecular formula is C24H22ClN3O6. The molecule has 176 valence electrons. The molecule has 0 saturated heterocycles. The molecule has 3 aromatic rings. The number of nitrogens with zero attached hydrogens (tertiary/aromatic N) is 2. The maximum atomic E-state index is 11.9. The number of oxime groups is 1. The Kier molecular flexibility index (Phi) is 8.81. The van der Waals surface area contributed by atoms with E-state index in [0.717, 1.165) is 5.56 Å².